The van der Waals surface area contributed by atoms with Gasteiger partial charge in [-0.25, -0.2) is 9.97 Å². The summed E-state index contributed by atoms with van der Waals surface area (Å²) in [4.78, 5) is 35.3. The van der Waals surface area contributed by atoms with E-state index in [2.05, 4.69) is 36.2 Å². The third kappa shape index (κ3) is 4.61. The lowest BCUT2D eigenvalue weighted by atomic mass is 10.2. The van der Waals surface area contributed by atoms with Gasteiger partial charge in [0, 0.05) is 32.6 Å². The van der Waals surface area contributed by atoms with Crippen molar-refractivity contribution in [1.82, 2.24) is 15.0 Å². The molecule has 146 valence electrons. The van der Waals surface area contributed by atoms with E-state index in [-0.39, 0.29) is 12.3 Å². The zero-order valence-corrected chi connectivity index (χ0v) is 18.0. The predicted octanol–water partition coefficient (Wildman–Crippen LogP) is 4.30. The first kappa shape index (κ1) is 19.5. The maximum absolute atomic E-state index is 12.4. The van der Waals surface area contributed by atoms with Crippen molar-refractivity contribution >= 4 is 55.5 Å². The van der Waals surface area contributed by atoms with Gasteiger partial charge in [-0.1, -0.05) is 28.1 Å². The molecule has 0 radical (unpaired) electrons. The number of benzene rings is 1. The Morgan fingerprint density at radius 1 is 1.14 bits per heavy atom. The third-order valence-corrected chi connectivity index (χ3v) is 6.15. The molecule has 7 nitrogen and oxygen atoms in total. The fourth-order valence-corrected chi connectivity index (χ4v) is 4.57. The summed E-state index contributed by atoms with van der Waals surface area (Å²) in [6.07, 6.45) is 1.81. The lowest BCUT2D eigenvalue weighted by Crippen LogP contribution is -2.14. The average molecular weight is 488 g/mol. The number of hydrogen-bond acceptors (Lipinski definition) is 6. The molecule has 0 spiro atoms. The molecule has 3 aromatic heterocycles. The smallest absolute Gasteiger partial charge is 0.265 e. The summed E-state index contributed by atoms with van der Waals surface area (Å²) in [5, 5.41) is 7.82. The molecule has 29 heavy (non-hydrogen) atoms. The predicted molar refractivity (Wildman–Crippen MR) is 118 cm³/mol. The molecule has 0 aliphatic carbocycles. The summed E-state index contributed by atoms with van der Waals surface area (Å²) in [6.45, 7) is 0. The van der Waals surface area contributed by atoms with Crippen molar-refractivity contribution in [3.8, 4) is 21.8 Å². The van der Waals surface area contributed by atoms with Gasteiger partial charge < -0.3 is 16.0 Å². The average Bonchev–Trinajstić information content (AvgIpc) is 3.42. The molecule has 4 aromatic rings. The van der Waals surface area contributed by atoms with Gasteiger partial charge in [-0.05, 0) is 18.2 Å². The maximum atomic E-state index is 12.4. The van der Waals surface area contributed by atoms with Crippen LogP contribution in [-0.4, -0.2) is 26.8 Å². The zero-order valence-electron chi connectivity index (χ0n) is 14.8. The second kappa shape index (κ2) is 8.27. The van der Waals surface area contributed by atoms with Crippen LogP contribution in [0.3, 0.4) is 0 Å². The molecule has 3 heterocycles. The van der Waals surface area contributed by atoms with E-state index in [0.717, 1.165) is 20.6 Å². The van der Waals surface area contributed by atoms with Crippen LogP contribution < -0.4 is 11.1 Å². The van der Waals surface area contributed by atoms with Gasteiger partial charge in [0.05, 0.1) is 17.8 Å². The summed E-state index contributed by atoms with van der Waals surface area (Å²) >= 11 is 6.26. The van der Waals surface area contributed by atoms with Crippen LogP contribution in [0.4, 0.5) is 5.13 Å². The molecule has 0 aliphatic heterocycles. The Balaban J connectivity index is 1.40. The second-order valence-corrected chi connectivity index (χ2v) is 8.72. The van der Waals surface area contributed by atoms with Crippen LogP contribution in [0.1, 0.15) is 16.2 Å². The summed E-state index contributed by atoms with van der Waals surface area (Å²) in [5.41, 5.74) is 8.64. The second-order valence-electron chi connectivity index (χ2n) is 6.08. The Morgan fingerprint density at radius 3 is 2.76 bits per heavy atom. The zero-order chi connectivity index (χ0) is 20.4. The van der Waals surface area contributed by atoms with Crippen molar-refractivity contribution in [1.29, 1.82) is 0 Å². The molecule has 0 saturated carbocycles. The van der Waals surface area contributed by atoms with E-state index in [9.17, 15) is 9.59 Å². The lowest BCUT2D eigenvalue weighted by Gasteiger charge is -1.99. The number of halogens is 1. The standard InChI is InChI=1S/C19H14BrN5O2S2/c20-12-3-1-2-10(4-12)18-23-13(8-28-18)6-16(26)25-19-24-15(9-29-19)11-5-14(17(21)27)22-7-11/h1-5,7-9,22H,6H2,(H2,21,27)(H,24,25,26). The Morgan fingerprint density at radius 2 is 2.00 bits per heavy atom. The topological polar surface area (TPSA) is 114 Å². The van der Waals surface area contributed by atoms with E-state index in [1.165, 1.54) is 22.7 Å². The van der Waals surface area contributed by atoms with Crippen LogP contribution in [0.5, 0.6) is 0 Å². The number of nitrogens with two attached hydrogens (primary N) is 1. The number of anilines is 1. The minimum absolute atomic E-state index is 0.162. The quantitative estimate of drug-likeness (QED) is 0.375. The molecular weight excluding hydrogens is 474 g/mol. The van der Waals surface area contributed by atoms with Gasteiger partial charge in [0.25, 0.3) is 5.91 Å². The molecule has 4 rings (SSSR count). The van der Waals surface area contributed by atoms with Crippen LogP contribution in [0.2, 0.25) is 0 Å². The number of rotatable bonds is 6. The van der Waals surface area contributed by atoms with Crippen molar-refractivity contribution in [2.24, 2.45) is 5.73 Å². The number of aromatic nitrogens is 3. The van der Waals surface area contributed by atoms with Gasteiger partial charge in [0.2, 0.25) is 5.91 Å². The molecule has 0 aliphatic rings. The van der Waals surface area contributed by atoms with Crippen molar-refractivity contribution in [3.05, 3.63) is 63.1 Å². The Kier molecular flexibility index (Phi) is 5.56. The highest BCUT2D eigenvalue weighted by molar-refractivity contribution is 9.10. The van der Waals surface area contributed by atoms with Gasteiger partial charge in [-0.15, -0.1) is 22.7 Å². The van der Waals surface area contributed by atoms with Crippen LogP contribution >= 0.6 is 38.6 Å². The number of nitrogens with zero attached hydrogens (tertiary/aromatic N) is 2. The number of primary amides is 1. The Bertz CT molecular complexity index is 1200. The Labute approximate surface area is 182 Å². The van der Waals surface area contributed by atoms with Crippen LogP contribution in [0, 0.1) is 0 Å². The van der Waals surface area contributed by atoms with E-state index in [1.54, 1.807) is 17.6 Å². The van der Waals surface area contributed by atoms with Crippen molar-refractivity contribution in [2.45, 2.75) is 6.42 Å². The van der Waals surface area contributed by atoms with Gasteiger partial charge in [0.1, 0.15) is 10.7 Å². The SMILES string of the molecule is NC(=O)c1cc(-c2csc(NC(=O)Cc3csc(-c4cccc(Br)c4)n3)n2)c[nH]1. The fraction of sp³-hybridized carbons (Fsp3) is 0.0526. The first-order valence-electron chi connectivity index (χ1n) is 8.42. The van der Waals surface area contributed by atoms with Gasteiger partial charge in [0.15, 0.2) is 5.13 Å². The normalized spacial score (nSPS) is 10.8. The number of H-pyrrole nitrogens is 1. The molecule has 0 atom stereocenters. The maximum Gasteiger partial charge on any atom is 0.265 e. The molecule has 2 amide bonds. The first-order chi connectivity index (χ1) is 14.0. The first-order valence-corrected chi connectivity index (χ1v) is 11.0. The largest absolute Gasteiger partial charge is 0.364 e. The van der Waals surface area contributed by atoms with Crippen LogP contribution in [0.25, 0.3) is 21.8 Å². The highest BCUT2D eigenvalue weighted by Crippen LogP contribution is 2.27. The van der Waals surface area contributed by atoms with Crippen molar-refractivity contribution in [2.75, 3.05) is 5.32 Å². The van der Waals surface area contributed by atoms with E-state index in [0.29, 0.717) is 22.2 Å². The number of amides is 2. The molecule has 0 bridgehead atoms. The third-order valence-electron chi connectivity index (χ3n) is 3.96. The number of aromatic amines is 1. The highest BCUT2D eigenvalue weighted by Gasteiger charge is 2.13. The number of carbonyl (C=O) groups excluding carboxylic acids is 2. The van der Waals surface area contributed by atoms with E-state index < -0.39 is 5.91 Å². The molecule has 0 fully saturated rings. The van der Waals surface area contributed by atoms with Crippen LogP contribution in [0.15, 0.2) is 51.8 Å². The van der Waals surface area contributed by atoms with Crippen molar-refractivity contribution < 1.29 is 9.59 Å². The van der Waals surface area contributed by atoms with Crippen molar-refractivity contribution in [3.63, 3.8) is 0 Å². The number of carbonyl (C=O) groups is 2. The number of thiazole rings is 2. The molecule has 4 N–H and O–H groups in total. The van der Waals surface area contributed by atoms with Gasteiger partial charge in [-0.2, -0.15) is 0 Å². The fourth-order valence-electron chi connectivity index (χ4n) is 2.62. The summed E-state index contributed by atoms with van der Waals surface area (Å²) in [6, 6.07) is 9.50. The number of nitrogens with one attached hydrogen (secondary N) is 2. The summed E-state index contributed by atoms with van der Waals surface area (Å²) in [7, 11) is 0. The van der Waals surface area contributed by atoms with E-state index in [1.807, 2.05) is 29.6 Å². The summed E-state index contributed by atoms with van der Waals surface area (Å²) in [5.74, 6) is -0.727. The minimum Gasteiger partial charge on any atom is -0.364 e. The monoisotopic (exact) mass is 487 g/mol. The van der Waals surface area contributed by atoms with E-state index in [4.69, 9.17) is 5.73 Å². The molecule has 0 saturated heterocycles. The Hall–Kier alpha value is -2.82. The van der Waals surface area contributed by atoms with E-state index >= 15 is 0 Å². The highest BCUT2D eigenvalue weighted by atomic mass is 79.9. The lowest BCUT2D eigenvalue weighted by molar-refractivity contribution is -0.115. The molecular formula is C19H14BrN5O2S2. The molecule has 1 aromatic carbocycles. The summed E-state index contributed by atoms with van der Waals surface area (Å²) < 4.78 is 0.981. The van der Waals surface area contributed by atoms with Gasteiger partial charge >= 0.3 is 0 Å². The number of hydrogen-bond donors (Lipinski definition) is 3. The minimum atomic E-state index is -0.537. The van der Waals surface area contributed by atoms with Crippen LogP contribution in [-0.2, 0) is 11.2 Å². The molecule has 10 heteroatoms. The van der Waals surface area contributed by atoms with Gasteiger partial charge in [-0.3, -0.25) is 9.59 Å². The molecule has 0 unspecified atom stereocenters.